The summed E-state index contributed by atoms with van der Waals surface area (Å²) in [7, 11) is 1.84. The van der Waals surface area contributed by atoms with Crippen LogP contribution in [0.3, 0.4) is 0 Å². The topological polar surface area (TPSA) is 52.6 Å². The molecule has 144 valence electrons. The third-order valence-corrected chi connectivity index (χ3v) is 5.39. The average Bonchev–Trinajstić information content (AvgIpc) is 3.25. The van der Waals surface area contributed by atoms with E-state index in [1.54, 1.807) is 11.3 Å². The molecule has 1 fully saturated rings. The number of guanidine groups is 1. The Hall–Kier alpha value is -0.570. The van der Waals surface area contributed by atoms with Crippen LogP contribution in [0.1, 0.15) is 58.1 Å². The fourth-order valence-electron chi connectivity index (χ4n) is 2.97. The molecule has 0 bridgehead atoms. The molecule has 1 unspecified atom stereocenters. The molecule has 5 nitrogen and oxygen atoms in total. The summed E-state index contributed by atoms with van der Waals surface area (Å²) in [4.78, 5) is 11.5. The van der Waals surface area contributed by atoms with E-state index in [-0.39, 0.29) is 24.0 Å². The first-order valence-corrected chi connectivity index (χ1v) is 10.3. The summed E-state index contributed by atoms with van der Waals surface area (Å²) in [5.74, 6) is 0.897. The Labute approximate surface area is 174 Å². The summed E-state index contributed by atoms with van der Waals surface area (Å²) in [5, 5.41) is 10.3. The number of thiazole rings is 1. The number of anilines is 1. The lowest BCUT2D eigenvalue weighted by atomic mass is 10.1. The Morgan fingerprint density at radius 1 is 1.36 bits per heavy atom. The Morgan fingerprint density at radius 2 is 2.12 bits per heavy atom. The first-order valence-electron chi connectivity index (χ1n) is 9.39. The monoisotopic (exact) mass is 479 g/mol. The molecule has 2 N–H and O–H groups in total. The van der Waals surface area contributed by atoms with Gasteiger partial charge < -0.3 is 15.5 Å². The number of halogens is 1. The SMILES string of the molecule is CCCCCC(C)NC(=NC)NCCc1csc(N2CCCC2)n1.I. The highest BCUT2D eigenvalue weighted by molar-refractivity contribution is 14.0. The van der Waals surface area contributed by atoms with Crippen LogP contribution in [-0.4, -0.2) is 43.7 Å². The second-order valence-electron chi connectivity index (χ2n) is 6.61. The number of nitrogens with one attached hydrogen (secondary N) is 2. The van der Waals surface area contributed by atoms with Crippen molar-refractivity contribution in [3.8, 4) is 0 Å². The minimum atomic E-state index is 0. The largest absolute Gasteiger partial charge is 0.356 e. The van der Waals surface area contributed by atoms with Crippen molar-refractivity contribution < 1.29 is 0 Å². The lowest BCUT2D eigenvalue weighted by Gasteiger charge is -2.17. The van der Waals surface area contributed by atoms with Crippen LogP contribution in [0.15, 0.2) is 10.4 Å². The second-order valence-corrected chi connectivity index (χ2v) is 7.44. The lowest BCUT2D eigenvalue weighted by molar-refractivity contribution is 0.547. The number of hydrogen-bond acceptors (Lipinski definition) is 4. The van der Waals surface area contributed by atoms with Crippen molar-refractivity contribution in [3.63, 3.8) is 0 Å². The third-order valence-electron chi connectivity index (χ3n) is 4.44. The van der Waals surface area contributed by atoms with Gasteiger partial charge in [-0.25, -0.2) is 4.98 Å². The smallest absolute Gasteiger partial charge is 0.191 e. The third kappa shape index (κ3) is 8.11. The van der Waals surface area contributed by atoms with Crippen LogP contribution in [0.5, 0.6) is 0 Å². The second kappa shape index (κ2) is 12.7. The normalized spacial score (nSPS) is 15.8. The zero-order valence-corrected chi connectivity index (χ0v) is 19.0. The van der Waals surface area contributed by atoms with E-state index in [2.05, 4.69) is 39.8 Å². The average molecular weight is 479 g/mol. The number of aliphatic imine (C=N–C) groups is 1. The fourth-order valence-corrected chi connectivity index (χ4v) is 3.89. The molecule has 1 saturated heterocycles. The van der Waals surface area contributed by atoms with Crippen LogP contribution in [0, 0.1) is 0 Å². The molecular formula is C18H34IN5S. The van der Waals surface area contributed by atoms with E-state index in [4.69, 9.17) is 4.98 Å². The maximum absolute atomic E-state index is 4.77. The minimum absolute atomic E-state index is 0. The van der Waals surface area contributed by atoms with E-state index < -0.39 is 0 Å². The first kappa shape index (κ1) is 22.5. The lowest BCUT2D eigenvalue weighted by Crippen LogP contribution is -2.42. The van der Waals surface area contributed by atoms with Gasteiger partial charge in [0.2, 0.25) is 0 Å². The summed E-state index contributed by atoms with van der Waals surface area (Å²) < 4.78 is 0. The van der Waals surface area contributed by atoms with Gasteiger partial charge >= 0.3 is 0 Å². The van der Waals surface area contributed by atoms with Gasteiger partial charge in [-0.1, -0.05) is 26.2 Å². The van der Waals surface area contributed by atoms with Gasteiger partial charge in [0.25, 0.3) is 0 Å². The van der Waals surface area contributed by atoms with E-state index in [1.165, 1.54) is 49.4 Å². The molecule has 2 heterocycles. The molecule has 0 aliphatic carbocycles. The molecule has 1 aliphatic rings. The van der Waals surface area contributed by atoms with Crippen LogP contribution in [0.25, 0.3) is 0 Å². The fraction of sp³-hybridized carbons (Fsp3) is 0.778. The van der Waals surface area contributed by atoms with Crippen molar-refractivity contribution in [1.82, 2.24) is 15.6 Å². The van der Waals surface area contributed by atoms with E-state index in [0.29, 0.717) is 6.04 Å². The Morgan fingerprint density at radius 3 is 2.80 bits per heavy atom. The van der Waals surface area contributed by atoms with E-state index in [9.17, 15) is 0 Å². The van der Waals surface area contributed by atoms with Gasteiger partial charge in [-0.15, -0.1) is 35.3 Å². The zero-order valence-electron chi connectivity index (χ0n) is 15.9. The maximum Gasteiger partial charge on any atom is 0.191 e. The molecule has 1 aromatic heterocycles. The molecule has 0 radical (unpaired) electrons. The van der Waals surface area contributed by atoms with E-state index in [1.807, 2.05) is 7.05 Å². The molecule has 7 heteroatoms. The van der Waals surface area contributed by atoms with Gasteiger partial charge in [0, 0.05) is 44.5 Å². The van der Waals surface area contributed by atoms with Crippen molar-refractivity contribution in [1.29, 1.82) is 0 Å². The van der Waals surface area contributed by atoms with Gasteiger partial charge in [-0.3, -0.25) is 4.99 Å². The number of rotatable bonds is 9. The molecule has 1 aromatic rings. The van der Waals surface area contributed by atoms with Gasteiger partial charge in [0.05, 0.1) is 5.69 Å². The summed E-state index contributed by atoms with van der Waals surface area (Å²) in [6.07, 6.45) is 8.59. The molecule has 0 spiro atoms. The highest BCUT2D eigenvalue weighted by Gasteiger charge is 2.15. The molecular weight excluding hydrogens is 445 g/mol. The predicted molar refractivity (Wildman–Crippen MR) is 121 cm³/mol. The van der Waals surface area contributed by atoms with E-state index >= 15 is 0 Å². The molecule has 0 saturated carbocycles. The number of nitrogens with zero attached hydrogens (tertiary/aromatic N) is 3. The molecule has 25 heavy (non-hydrogen) atoms. The minimum Gasteiger partial charge on any atom is -0.356 e. The van der Waals surface area contributed by atoms with Crippen LogP contribution in [0.4, 0.5) is 5.13 Å². The van der Waals surface area contributed by atoms with Crippen molar-refractivity contribution >= 4 is 46.4 Å². The van der Waals surface area contributed by atoms with Crippen LogP contribution in [-0.2, 0) is 6.42 Å². The van der Waals surface area contributed by atoms with Crippen molar-refractivity contribution in [2.45, 2.75) is 64.8 Å². The standard InChI is InChI=1S/C18H33N5S.HI/c1-4-5-6-9-15(2)21-17(19-3)20-11-10-16-14-24-18(22-16)23-12-7-8-13-23;/h14-15H,4-13H2,1-3H3,(H2,19,20,21);1H. The van der Waals surface area contributed by atoms with Crippen molar-refractivity contribution in [3.05, 3.63) is 11.1 Å². The summed E-state index contributed by atoms with van der Waals surface area (Å²) in [6.45, 7) is 7.66. The summed E-state index contributed by atoms with van der Waals surface area (Å²) >= 11 is 1.77. The van der Waals surface area contributed by atoms with Crippen molar-refractivity contribution in [2.75, 3.05) is 31.6 Å². The highest BCUT2D eigenvalue weighted by Crippen LogP contribution is 2.24. The predicted octanol–water partition coefficient (Wildman–Crippen LogP) is 4.04. The molecule has 1 atom stereocenters. The Bertz CT molecular complexity index is 499. The van der Waals surface area contributed by atoms with E-state index in [0.717, 1.165) is 32.0 Å². The van der Waals surface area contributed by atoms with Gasteiger partial charge in [-0.05, 0) is 26.2 Å². The number of aromatic nitrogens is 1. The van der Waals surface area contributed by atoms with Crippen LogP contribution < -0.4 is 15.5 Å². The number of unbranched alkanes of at least 4 members (excludes halogenated alkanes) is 2. The van der Waals surface area contributed by atoms with Gasteiger partial charge in [0.15, 0.2) is 11.1 Å². The molecule has 2 rings (SSSR count). The maximum atomic E-state index is 4.77. The van der Waals surface area contributed by atoms with Gasteiger partial charge in [0.1, 0.15) is 0 Å². The first-order chi connectivity index (χ1) is 11.7. The highest BCUT2D eigenvalue weighted by atomic mass is 127. The Balaban J connectivity index is 0.00000312. The van der Waals surface area contributed by atoms with Gasteiger partial charge in [-0.2, -0.15) is 0 Å². The van der Waals surface area contributed by atoms with Crippen LogP contribution in [0.2, 0.25) is 0 Å². The molecule has 0 amide bonds. The zero-order chi connectivity index (χ0) is 17.2. The quantitative estimate of drug-likeness (QED) is 0.243. The van der Waals surface area contributed by atoms with Crippen molar-refractivity contribution in [2.24, 2.45) is 4.99 Å². The molecule has 1 aliphatic heterocycles. The number of hydrogen-bond donors (Lipinski definition) is 2. The molecule has 0 aromatic carbocycles. The summed E-state index contributed by atoms with van der Waals surface area (Å²) in [6, 6.07) is 0.462. The Kier molecular flexibility index (Phi) is 11.4. The summed E-state index contributed by atoms with van der Waals surface area (Å²) in [5.41, 5.74) is 1.18. The van der Waals surface area contributed by atoms with Crippen LogP contribution >= 0.6 is 35.3 Å².